The van der Waals surface area contributed by atoms with E-state index in [1.54, 1.807) is 0 Å². The molecule has 4 nitrogen and oxygen atoms in total. The van der Waals surface area contributed by atoms with Gasteiger partial charge in [0.1, 0.15) is 0 Å². The van der Waals surface area contributed by atoms with Crippen molar-refractivity contribution in [2.24, 2.45) is 5.92 Å². The number of carbonyl (C=O) groups is 1. The van der Waals surface area contributed by atoms with Gasteiger partial charge in [-0.1, -0.05) is 12.8 Å². The number of anilines is 1. The van der Waals surface area contributed by atoms with Crippen LogP contribution in [-0.4, -0.2) is 36.4 Å². The summed E-state index contributed by atoms with van der Waals surface area (Å²) < 4.78 is 0. The van der Waals surface area contributed by atoms with E-state index in [4.69, 9.17) is 0 Å². The molecule has 1 aromatic carbocycles. The van der Waals surface area contributed by atoms with Gasteiger partial charge in [-0.3, -0.25) is 4.79 Å². The second kappa shape index (κ2) is 6.75. The molecule has 4 heteroatoms. The minimum Gasteiger partial charge on any atom is -0.358 e. The van der Waals surface area contributed by atoms with Crippen LogP contribution in [0, 0.1) is 12.8 Å². The fourth-order valence-electron chi connectivity index (χ4n) is 3.55. The van der Waals surface area contributed by atoms with Crippen molar-refractivity contribution in [1.29, 1.82) is 0 Å². The van der Waals surface area contributed by atoms with Gasteiger partial charge in [-0.2, -0.15) is 0 Å². The Morgan fingerprint density at radius 3 is 2.74 bits per heavy atom. The van der Waals surface area contributed by atoms with Crippen LogP contribution in [0.4, 0.5) is 5.69 Å². The van der Waals surface area contributed by atoms with Crippen LogP contribution in [0.3, 0.4) is 0 Å². The fraction of sp³-hybridized carbons (Fsp3) is 0.526. The third kappa shape index (κ3) is 3.58. The topological polar surface area (TPSA) is 48.1 Å². The first-order valence-electron chi connectivity index (χ1n) is 8.61. The molecular formula is C19H27N3O. The summed E-state index contributed by atoms with van der Waals surface area (Å²) in [6, 6.07) is 6.20. The average molecular weight is 313 g/mol. The number of hydrogen-bond donors (Lipinski definition) is 2. The monoisotopic (exact) mass is 313 g/mol. The Bertz CT molecular complexity index is 696. The summed E-state index contributed by atoms with van der Waals surface area (Å²) >= 11 is 0. The molecule has 23 heavy (non-hydrogen) atoms. The summed E-state index contributed by atoms with van der Waals surface area (Å²) in [5, 5.41) is 4.34. The van der Waals surface area contributed by atoms with E-state index in [-0.39, 0.29) is 11.8 Å². The maximum atomic E-state index is 12.3. The lowest BCUT2D eigenvalue weighted by Crippen LogP contribution is -2.20. The fourth-order valence-corrected chi connectivity index (χ4v) is 3.55. The standard InChI is InChI=1S/C19H27N3O/c1-13-16(10-11-22(2)3)17-12-15(8-9-18(17)20-13)21-19(23)14-6-4-5-7-14/h8-9,12,14,20H,4-7,10-11H2,1-3H3,(H,21,23). The number of amides is 1. The van der Waals surface area contributed by atoms with Crippen molar-refractivity contribution < 1.29 is 4.79 Å². The summed E-state index contributed by atoms with van der Waals surface area (Å²) in [5.74, 6) is 0.385. The van der Waals surface area contributed by atoms with Gasteiger partial charge in [0.05, 0.1) is 0 Å². The van der Waals surface area contributed by atoms with E-state index in [1.807, 2.05) is 6.07 Å². The molecule has 1 heterocycles. The Hall–Kier alpha value is -1.81. The maximum absolute atomic E-state index is 12.3. The number of rotatable bonds is 5. The molecule has 0 unspecified atom stereocenters. The van der Waals surface area contributed by atoms with Crippen LogP contribution in [0.5, 0.6) is 0 Å². The normalized spacial score (nSPS) is 15.7. The van der Waals surface area contributed by atoms with Gasteiger partial charge in [-0.05, 0) is 64.0 Å². The molecule has 1 aliphatic rings. The molecule has 1 fully saturated rings. The summed E-state index contributed by atoms with van der Waals surface area (Å²) in [7, 11) is 4.19. The number of nitrogens with zero attached hydrogens (tertiary/aromatic N) is 1. The average Bonchev–Trinajstić information content (AvgIpc) is 3.12. The van der Waals surface area contributed by atoms with Crippen molar-refractivity contribution in [2.75, 3.05) is 26.0 Å². The third-order valence-electron chi connectivity index (χ3n) is 4.92. The van der Waals surface area contributed by atoms with Gasteiger partial charge >= 0.3 is 0 Å². The molecule has 2 N–H and O–H groups in total. The summed E-state index contributed by atoms with van der Waals surface area (Å²) in [6.07, 6.45) is 5.45. The lowest BCUT2D eigenvalue weighted by Gasteiger charge is -2.11. The van der Waals surface area contributed by atoms with Crippen molar-refractivity contribution in [3.05, 3.63) is 29.5 Å². The first-order chi connectivity index (χ1) is 11.0. The minimum absolute atomic E-state index is 0.184. The molecule has 0 aliphatic heterocycles. The van der Waals surface area contributed by atoms with Crippen LogP contribution in [0.2, 0.25) is 0 Å². The van der Waals surface area contributed by atoms with Crippen LogP contribution >= 0.6 is 0 Å². The Morgan fingerprint density at radius 2 is 2.04 bits per heavy atom. The summed E-state index contributed by atoms with van der Waals surface area (Å²) in [5.41, 5.74) is 4.64. The van der Waals surface area contributed by atoms with Gasteiger partial charge < -0.3 is 15.2 Å². The Kier molecular flexibility index (Phi) is 4.71. The highest BCUT2D eigenvalue weighted by molar-refractivity contribution is 5.96. The van der Waals surface area contributed by atoms with E-state index in [0.717, 1.165) is 37.0 Å². The zero-order valence-electron chi connectivity index (χ0n) is 14.4. The van der Waals surface area contributed by atoms with Crippen molar-refractivity contribution in [2.45, 2.75) is 39.0 Å². The lowest BCUT2D eigenvalue weighted by atomic mass is 10.1. The molecule has 3 rings (SSSR count). The lowest BCUT2D eigenvalue weighted by molar-refractivity contribution is -0.119. The molecule has 2 aromatic rings. The number of H-pyrrole nitrogens is 1. The largest absolute Gasteiger partial charge is 0.358 e. The Morgan fingerprint density at radius 1 is 1.30 bits per heavy atom. The molecule has 0 bridgehead atoms. The summed E-state index contributed by atoms with van der Waals surface area (Å²) in [4.78, 5) is 18.0. The van der Waals surface area contributed by atoms with Gasteiger partial charge in [0.2, 0.25) is 5.91 Å². The summed E-state index contributed by atoms with van der Waals surface area (Å²) in [6.45, 7) is 3.15. The van der Waals surface area contributed by atoms with Gasteiger partial charge in [0.25, 0.3) is 0 Å². The quantitative estimate of drug-likeness (QED) is 0.884. The highest BCUT2D eigenvalue weighted by Gasteiger charge is 2.22. The van der Waals surface area contributed by atoms with E-state index in [9.17, 15) is 4.79 Å². The molecular weight excluding hydrogens is 286 g/mol. The molecule has 0 saturated heterocycles. The number of nitrogens with one attached hydrogen (secondary N) is 2. The van der Waals surface area contributed by atoms with E-state index in [0.29, 0.717) is 0 Å². The Balaban J connectivity index is 1.82. The molecule has 1 aromatic heterocycles. The smallest absolute Gasteiger partial charge is 0.227 e. The Labute approximate surface area is 138 Å². The maximum Gasteiger partial charge on any atom is 0.227 e. The molecule has 1 saturated carbocycles. The van der Waals surface area contributed by atoms with Crippen molar-refractivity contribution in [3.63, 3.8) is 0 Å². The number of aromatic amines is 1. The second-order valence-electron chi connectivity index (χ2n) is 7.01. The molecule has 1 amide bonds. The van der Waals surface area contributed by atoms with Gasteiger partial charge in [-0.15, -0.1) is 0 Å². The minimum atomic E-state index is 0.184. The van der Waals surface area contributed by atoms with Crippen LogP contribution in [0.25, 0.3) is 10.9 Å². The number of carbonyl (C=O) groups excluding carboxylic acids is 1. The predicted octanol–water partition coefficient (Wildman–Crippen LogP) is 3.71. The van der Waals surface area contributed by atoms with Crippen LogP contribution in [0.1, 0.15) is 36.9 Å². The van der Waals surface area contributed by atoms with E-state index >= 15 is 0 Å². The molecule has 1 aliphatic carbocycles. The highest BCUT2D eigenvalue weighted by atomic mass is 16.1. The van der Waals surface area contributed by atoms with E-state index < -0.39 is 0 Å². The van der Waals surface area contributed by atoms with Crippen molar-refractivity contribution in [1.82, 2.24) is 9.88 Å². The number of aromatic nitrogens is 1. The van der Waals surface area contributed by atoms with Gasteiger partial charge in [-0.25, -0.2) is 0 Å². The zero-order chi connectivity index (χ0) is 16.4. The molecule has 0 spiro atoms. The second-order valence-corrected chi connectivity index (χ2v) is 7.01. The number of fused-ring (bicyclic) bond motifs is 1. The molecule has 0 radical (unpaired) electrons. The third-order valence-corrected chi connectivity index (χ3v) is 4.92. The first-order valence-corrected chi connectivity index (χ1v) is 8.61. The molecule has 0 atom stereocenters. The van der Waals surface area contributed by atoms with Crippen LogP contribution in [0.15, 0.2) is 18.2 Å². The van der Waals surface area contributed by atoms with Gasteiger partial charge in [0.15, 0.2) is 0 Å². The highest BCUT2D eigenvalue weighted by Crippen LogP contribution is 2.28. The zero-order valence-corrected chi connectivity index (χ0v) is 14.4. The number of benzene rings is 1. The van der Waals surface area contributed by atoms with Crippen molar-refractivity contribution >= 4 is 22.5 Å². The number of likely N-dealkylation sites (N-methyl/N-ethyl adjacent to an activating group) is 1. The SMILES string of the molecule is Cc1[nH]c2ccc(NC(=O)C3CCCC3)cc2c1CCN(C)C. The van der Waals surface area contributed by atoms with Crippen LogP contribution in [-0.2, 0) is 11.2 Å². The first kappa shape index (κ1) is 16.1. The van der Waals surface area contributed by atoms with E-state index in [2.05, 4.69) is 48.4 Å². The number of aryl methyl sites for hydroxylation is 1. The molecule has 124 valence electrons. The van der Waals surface area contributed by atoms with E-state index in [1.165, 1.54) is 29.5 Å². The number of hydrogen-bond acceptors (Lipinski definition) is 2. The van der Waals surface area contributed by atoms with Gasteiger partial charge in [0, 0.05) is 34.7 Å². The van der Waals surface area contributed by atoms with Crippen LogP contribution < -0.4 is 5.32 Å². The van der Waals surface area contributed by atoms with Crippen molar-refractivity contribution in [3.8, 4) is 0 Å². The predicted molar refractivity (Wildman–Crippen MR) is 95.9 cm³/mol.